The summed E-state index contributed by atoms with van der Waals surface area (Å²) in [5, 5.41) is 2.91. The minimum Gasteiger partial charge on any atom is -0.349 e. The molecule has 1 amide bonds. The number of carbonyl (C=O) groups is 1. The Kier molecular flexibility index (Phi) is 5.85. The molecule has 3 rings (SSSR count). The molecule has 1 fully saturated rings. The van der Waals surface area contributed by atoms with Crippen LogP contribution in [0.15, 0.2) is 53.4 Å². The van der Waals surface area contributed by atoms with Crippen molar-refractivity contribution < 1.29 is 13.2 Å². The fraction of sp³-hybridized carbons (Fsp3) is 0.381. The Morgan fingerprint density at radius 2 is 1.67 bits per heavy atom. The summed E-state index contributed by atoms with van der Waals surface area (Å²) in [6.07, 6.45) is 4.07. The average Bonchev–Trinajstić information content (AvgIpc) is 3.44. The maximum Gasteiger partial charge on any atom is 0.261 e. The summed E-state index contributed by atoms with van der Waals surface area (Å²) in [6, 6.07) is 13.8. The zero-order chi connectivity index (χ0) is 19.4. The Morgan fingerprint density at radius 3 is 2.22 bits per heavy atom. The lowest BCUT2D eigenvalue weighted by atomic mass is 10.0. The number of benzene rings is 2. The second-order valence-electron chi connectivity index (χ2n) is 7.51. The fourth-order valence-corrected chi connectivity index (χ4v) is 3.75. The maximum atomic E-state index is 12.6. The van der Waals surface area contributed by atoms with E-state index in [0.29, 0.717) is 23.2 Å². The van der Waals surface area contributed by atoms with Crippen molar-refractivity contribution in [1.82, 2.24) is 5.32 Å². The summed E-state index contributed by atoms with van der Waals surface area (Å²) < 4.78 is 27.7. The molecule has 0 spiro atoms. The van der Waals surface area contributed by atoms with E-state index in [1.165, 1.54) is 0 Å². The minimum absolute atomic E-state index is 0.121. The number of amides is 1. The molecule has 2 N–H and O–H groups in total. The number of carbonyl (C=O) groups excluding carboxylic acids is 1. The SMILES string of the molecule is CC(C)CCc1ccc(S(=O)(=O)Nc2ccc(C(=O)NC3CC3)cc2)cc1. The molecular weight excluding hydrogens is 360 g/mol. The molecule has 0 atom stereocenters. The van der Waals surface area contributed by atoms with Crippen LogP contribution in [-0.4, -0.2) is 20.4 Å². The van der Waals surface area contributed by atoms with Crippen LogP contribution in [0.3, 0.4) is 0 Å². The van der Waals surface area contributed by atoms with E-state index < -0.39 is 10.0 Å². The molecule has 0 aromatic heterocycles. The summed E-state index contributed by atoms with van der Waals surface area (Å²) in [6.45, 7) is 4.34. The number of anilines is 1. The number of hydrogen-bond acceptors (Lipinski definition) is 3. The van der Waals surface area contributed by atoms with Crippen molar-refractivity contribution in [2.24, 2.45) is 5.92 Å². The van der Waals surface area contributed by atoms with E-state index in [0.717, 1.165) is 31.2 Å². The number of rotatable bonds is 8. The lowest BCUT2D eigenvalue weighted by Crippen LogP contribution is -2.25. The summed E-state index contributed by atoms with van der Waals surface area (Å²) in [5.74, 6) is 0.494. The van der Waals surface area contributed by atoms with Crippen LogP contribution in [0.25, 0.3) is 0 Å². The first-order valence-corrected chi connectivity index (χ1v) is 10.8. The van der Waals surface area contributed by atoms with E-state index in [2.05, 4.69) is 23.9 Å². The molecule has 0 aliphatic heterocycles. The van der Waals surface area contributed by atoms with Gasteiger partial charge in [0.25, 0.3) is 15.9 Å². The molecule has 0 heterocycles. The first-order valence-electron chi connectivity index (χ1n) is 9.36. The molecular formula is C21H26N2O3S. The van der Waals surface area contributed by atoms with E-state index in [4.69, 9.17) is 0 Å². The van der Waals surface area contributed by atoms with Crippen LogP contribution in [0.2, 0.25) is 0 Å². The van der Waals surface area contributed by atoms with Crippen LogP contribution in [0.4, 0.5) is 5.69 Å². The highest BCUT2D eigenvalue weighted by Gasteiger charge is 2.23. The van der Waals surface area contributed by atoms with E-state index >= 15 is 0 Å². The van der Waals surface area contributed by atoms with Gasteiger partial charge in [0.2, 0.25) is 0 Å². The Hall–Kier alpha value is -2.34. The molecule has 27 heavy (non-hydrogen) atoms. The molecule has 0 radical (unpaired) electrons. The number of sulfonamides is 1. The topological polar surface area (TPSA) is 75.3 Å². The zero-order valence-electron chi connectivity index (χ0n) is 15.7. The van der Waals surface area contributed by atoms with Crippen LogP contribution >= 0.6 is 0 Å². The molecule has 1 saturated carbocycles. The zero-order valence-corrected chi connectivity index (χ0v) is 16.6. The van der Waals surface area contributed by atoms with E-state index in [9.17, 15) is 13.2 Å². The molecule has 1 aliphatic carbocycles. The third kappa shape index (κ3) is 5.57. The number of nitrogens with one attached hydrogen (secondary N) is 2. The summed E-state index contributed by atoms with van der Waals surface area (Å²) in [7, 11) is -3.65. The smallest absolute Gasteiger partial charge is 0.261 e. The van der Waals surface area contributed by atoms with E-state index in [1.54, 1.807) is 36.4 Å². The molecule has 1 aliphatic rings. The second kappa shape index (κ2) is 8.13. The van der Waals surface area contributed by atoms with Gasteiger partial charge >= 0.3 is 0 Å². The van der Waals surface area contributed by atoms with Gasteiger partial charge in [-0.1, -0.05) is 26.0 Å². The van der Waals surface area contributed by atoms with Crippen molar-refractivity contribution in [3.8, 4) is 0 Å². The van der Waals surface area contributed by atoms with Gasteiger partial charge in [-0.3, -0.25) is 9.52 Å². The van der Waals surface area contributed by atoms with Gasteiger partial charge in [-0.15, -0.1) is 0 Å². The normalized spacial score (nSPS) is 14.2. The van der Waals surface area contributed by atoms with Gasteiger partial charge in [0.05, 0.1) is 4.90 Å². The van der Waals surface area contributed by atoms with Crippen molar-refractivity contribution >= 4 is 21.6 Å². The van der Waals surface area contributed by atoms with Crippen LogP contribution in [-0.2, 0) is 16.4 Å². The fourth-order valence-electron chi connectivity index (χ4n) is 2.69. The largest absolute Gasteiger partial charge is 0.349 e. The van der Waals surface area contributed by atoms with Gasteiger partial charge in [0.1, 0.15) is 0 Å². The molecule has 144 valence electrons. The van der Waals surface area contributed by atoms with Crippen LogP contribution in [0.5, 0.6) is 0 Å². The van der Waals surface area contributed by atoms with Crippen molar-refractivity contribution in [1.29, 1.82) is 0 Å². The predicted octanol–water partition coefficient (Wildman–Crippen LogP) is 3.97. The lowest BCUT2D eigenvalue weighted by Gasteiger charge is -2.10. The Labute approximate surface area is 161 Å². The Morgan fingerprint density at radius 1 is 1.04 bits per heavy atom. The average molecular weight is 387 g/mol. The Balaban J connectivity index is 1.64. The predicted molar refractivity (Wildman–Crippen MR) is 107 cm³/mol. The standard InChI is InChI=1S/C21H26N2O3S/c1-15(2)3-4-16-5-13-20(14-6-16)27(25,26)23-19-9-7-17(8-10-19)21(24)22-18-11-12-18/h5-10,13-15,18,23H,3-4,11-12H2,1-2H3,(H,22,24). The monoisotopic (exact) mass is 386 g/mol. The summed E-state index contributed by atoms with van der Waals surface area (Å²) in [5.41, 5.74) is 2.09. The highest BCUT2D eigenvalue weighted by atomic mass is 32.2. The van der Waals surface area contributed by atoms with Crippen molar-refractivity contribution in [3.63, 3.8) is 0 Å². The van der Waals surface area contributed by atoms with Crippen molar-refractivity contribution in [3.05, 3.63) is 59.7 Å². The summed E-state index contributed by atoms with van der Waals surface area (Å²) >= 11 is 0. The van der Waals surface area contributed by atoms with Gasteiger partial charge in [-0.25, -0.2) is 8.42 Å². The number of hydrogen-bond donors (Lipinski definition) is 2. The third-order valence-corrected chi connectivity index (χ3v) is 5.95. The molecule has 2 aromatic rings. The van der Waals surface area contributed by atoms with Gasteiger partial charge in [-0.05, 0) is 73.6 Å². The highest BCUT2D eigenvalue weighted by Crippen LogP contribution is 2.21. The quantitative estimate of drug-likeness (QED) is 0.721. The molecule has 2 aromatic carbocycles. The first kappa shape index (κ1) is 19.4. The minimum atomic E-state index is -3.65. The number of aryl methyl sites for hydroxylation is 1. The van der Waals surface area contributed by atoms with Gasteiger partial charge in [-0.2, -0.15) is 0 Å². The summed E-state index contributed by atoms with van der Waals surface area (Å²) in [4.78, 5) is 12.2. The Bertz CT molecular complexity index is 884. The molecule has 0 unspecified atom stereocenters. The van der Waals surface area contributed by atoms with Gasteiger partial charge in [0, 0.05) is 17.3 Å². The molecule has 0 saturated heterocycles. The molecule has 5 nitrogen and oxygen atoms in total. The van der Waals surface area contributed by atoms with Crippen molar-refractivity contribution in [2.45, 2.75) is 50.5 Å². The van der Waals surface area contributed by atoms with E-state index in [1.807, 2.05) is 12.1 Å². The second-order valence-corrected chi connectivity index (χ2v) is 9.19. The lowest BCUT2D eigenvalue weighted by molar-refractivity contribution is 0.0951. The van der Waals surface area contributed by atoms with Gasteiger partial charge < -0.3 is 5.32 Å². The maximum absolute atomic E-state index is 12.6. The highest BCUT2D eigenvalue weighted by molar-refractivity contribution is 7.92. The van der Waals surface area contributed by atoms with Gasteiger partial charge in [0.15, 0.2) is 0 Å². The molecule has 0 bridgehead atoms. The van der Waals surface area contributed by atoms with Crippen LogP contribution < -0.4 is 10.0 Å². The third-order valence-electron chi connectivity index (χ3n) is 4.56. The first-order chi connectivity index (χ1) is 12.8. The van der Waals surface area contributed by atoms with Crippen LogP contribution in [0, 0.1) is 5.92 Å². The van der Waals surface area contributed by atoms with Crippen molar-refractivity contribution in [2.75, 3.05) is 4.72 Å². The molecule has 6 heteroatoms. The van der Waals surface area contributed by atoms with Crippen LogP contribution in [0.1, 0.15) is 49.0 Å². The van der Waals surface area contributed by atoms with E-state index in [-0.39, 0.29) is 10.8 Å².